The summed E-state index contributed by atoms with van der Waals surface area (Å²) < 4.78 is 1.96. The molecule has 0 aliphatic rings. The quantitative estimate of drug-likeness (QED) is 0.744. The highest BCUT2D eigenvalue weighted by Gasteiger charge is 2.16. The maximum atomic E-state index is 12.7. The van der Waals surface area contributed by atoms with Crippen LogP contribution in [0, 0.1) is 13.8 Å². The lowest BCUT2D eigenvalue weighted by molar-refractivity contribution is 0.0789. The summed E-state index contributed by atoms with van der Waals surface area (Å²) in [6, 6.07) is 8.03. The minimum Gasteiger partial charge on any atom is -0.340 e. The van der Waals surface area contributed by atoms with Crippen molar-refractivity contribution in [3.63, 3.8) is 0 Å². The van der Waals surface area contributed by atoms with Crippen molar-refractivity contribution in [2.24, 2.45) is 0 Å². The van der Waals surface area contributed by atoms with Gasteiger partial charge in [0.25, 0.3) is 5.91 Å². The van der Waals surface area contributed by atoms with Crippen molar-refractivity contribution < 1.29 is 4.79 Å². The lowest BCUT2D eigenvalue weighted by Crippen LogP contribution is -2.30. The van der Waals surface area contributed by atoms with Gasteiger partial charge in [0.2, 0.25) is 0 Å². The van der Waals surface area contributed by atoms with Gasteiger partial charge in [-0.1, -0.05) is 11.6 Å². The molecule has 1 aromatic carbocycles. The van der Waals surface area contributed by atoms with E-state index in [9.17, 15) is 4.79 Å². The summed E-state index contributed by atoms with van der Waals surface area (Å²) in [5.74, 6) is -0.00137. The van der Waals surface area contributed by atoms with Crippen LogP contribution in [0.25, 0.3) is 10.9 Å². The van der Waals surface area contributed by atoms with Crippen molar-refractivity contribution in [1.82, 2.24) is 19.4 Å². The molecule has 1 amide bonds. The number of benzene rings is 1. The van der Waals surface area contributed by atoms with Crippen molar-refractivity contribution in [1.29, 1.82) is 0 Å². The summed E-state index contributed by atoms with van der Waals surface area (Å²) in [5, 5.41) is 1.00. The number of aryl methyl sites for hydroxylation is 2. The second kappa shape index (κ2) is 6.20. The molecule has 0 aliphatic heterocycles. The van der Waals surface area contributed by atoms with E-state index in [1.165, 1.54) is 0 Å². The largest absolute Gasteiger partial charge is 0.340 e. The van der Waals surface area contributed by atoms with Crippen LogP contribution in [-0.2, 0) is 6.54 Å². The smallest absolute Gasteiger partial charge is 0.255 e. The van der Waals surface area contributed by atoms with Gasteiger partial charge in [-0.25, -0.2) is 4.98 Å². The Bertz CT molecular complexity index is 840. The maximum absolute atomic E-state index is 12.7. The highest BCUT2D eigenvalue weighted by molar-refractivity contribution is 5.98. The number of aromatic nitrogens is 3. The first-order chi connectivity index (χ1) is 11.0. The Kier molecular flexibility index (Phi) is 4.10. The fourth-order valence-electron chi connectivity index (χ4n) is 2.60. The van der Waals surface area contributed by atoms with Crippen LogP contribution in [0.4, 0.5) is 0 Å². The average Bonchev–Trinajstić information content (AvgIpc) is 3.05. The average molecular weight is 308 g/mol. The van der Waals surface area contributed by atoms with Gasteiger partial charge in [0, 0.05) is 37.9 Å². The number of pyridine rings is 1. The Hall–Kier alpha value is -2.69. The molecular formula is C18H20N4O. The van der Waals surface area contributed by atoms with Crippen molar-refractivity contribution >= 4 is 16.8 Å². The Morgan fingerprint density at radius 2 is 2.09 bits per heavy atom. The van der Waals surface area contributed by atoms with Crippen LogP contribution in [0.3, 0.4) is 0 Å². The molecule has 5 heteroatoms. The highest BCUT2D eigenvalue weighted by atomic mass is 16.2. The zero-order valence-electron chi connectivity index (χ0n) is 13.7. The summed E-state index contributed by atoms with van der Waals surface area (Å²) in [6.07, 6.45) is 5.38. The van der Waals surface area contributed by atoms with Crippen molar-refractivity contribution in [3.05, 3.63) is 59.8 Å². The fourth-order valence-corrected chi connectivity index (χ4v) is 2.60. The molecule has 2 heterocycles. The van der Waals surface area contributed by atoms with Crippen LogP contribution in [0.1, 0.15) is 21.6 Å². The van der Waals surface area contributed by atoms with E-state index < -0.39 is 0 Å². The number of amides is 1. The minimum atomic E-state index is -0.00137. The van der Waals surface area contributed by atoms with Crippen LogP contribution >= 0.6 is 0 Å². The first-order valence-electron chi connectivity index (χ1n) is 7.64. The Morgan fingerprint density at radius 1 is 1.26 bits per heavy atom. The van der Waals surface area contributed by atoms with Crippen LogP contribution in [-0.4, -0.2) is 38.9 Å². The predicted molar refractivity (Wildman–Crippen MR) is 90.4 cm³/mol. The predicted octanol–water partition coefficient (Wildman–Crippen LogP) is 2.82. The molecule has 0 unspecified atom stereocenters. The third-order valence-electron chi connectivity index (χ3n) is 3.99. The Labute approximate surface area is 135 Å². The topological polar surface area (TPSA) is 51.0 Å². The van der Waals surface area contributed by atoms with Gasteiger partial charge in [0.15, 0.2) is 0 Å². The molecule has 0 saturated carbocycles. The number of rotatable bonds is 4. The first-order valence-corrected chi connectivity index (χ1v) is 7.64. The zero-order chi connectivity index (χ0) is 16.4. The molecule has 0 spiro atoms. The SMILES string of the molecule is Cc1ccc2nc(C)c(C(=O)N(C)CCn3ccnc3)cc2c1. The van der Waals surface area contributed by atoms with Crippen LogP contribution in [0.2, 0.25) is 0 Å². The summed E-state index contributed by atoms with van der Waals surface area (Å²) in [7, 11) is 1.82. The molecule has 0 fully saturated rings. The molecule has 0 N–H and O–H groups in total. The molecular weight excluding hydrogens is 288 g/mol. The number of fused-ring (bicyclic) bond motifs is 1. The molecule has 23 heavy (non-hydrogen) atoms. The minimum absolute atomic E-state index is 0.00137. The third-order valence-corrected chi connectivity index (χ3v) is 3.99. The van der Waals surface area contributed by atoms with E-state index >= 15 is 0 Å². The summed E-state index contributed by atoms with van der Waals surface area (Å²) >= 11 is 0. The van der Waals surface area contributed by atoms with E-state index in [-0.39, 0.29) is 5.91 Å². The molecule has 3 rings (SSSR count). The zero-order valence-corrected chi connectivity index (χ0v) is 13.7. The number of carbonyl (C=O) groups is 1. The van der Waals surface area contributed by atoms with Gasteiger partial charge < -0.3 is 9.47 Å². The van der Waals surface area contributed by atoms with E-state index in [0.29, 0.717) is 12.1 Å². The summed E-state index contributed by atoms with van der Waals surface area (Å²) in [4.78, 5) is 23.0. The number of carbonyl (C=O) groups excluding carboxylic acids is 1. The molecule has 118 valence electrons. The van der Waals surface area contributed by atoms with E-state index in [2.05, 4.69) is 16.0 Å². The number of hydrogen-bond donors (Lipinski definition) is 0. The number of hydrogen-bond acceptors (Lipinski definition) is 3. The van der Waals surface area contributed by atoms with Crippen molar-refractivity contribution in [2.45, 2.75) is 20.4 Å². The summed E-state index contributed by atoms with van der Waals surface area (Å²) in [5.41, 5.74) is 3.51. The Balaban J connectivity index is 1.83. The van der Waals surface area contributed by atoms with Crippen molar-refractivity contribution in [3.8, 4) is 0 Å². The fraction of sp³-hybridized carbons (Fsp3) is 0.278. The third kappa shape index (κ3) is 3.23. The molecule has 0 atom stereocenters. The van der Waals surface area contributed by atoms with Gasteiger partial charge in [-0.05, 0) is 32.0 Å². The number of imidazole rings is 1. The second-order valence-corrected chi connectivity index (χ2v) is 5.84. The van der Waals surface area contributed by atoms with Gasteiger partial charge in [0.05, 0.1) is 23.1 Å². The van der Waals surface area contributed by atoms with Crippen LogP contribution in [0.5, 0.6) is 0 Å². The highest BCUT2D eigenvalue weighted by Crippen LogP contribution is 2.19. The van der Waals surface area contributed by atoms with Gasteiger partial charge in [-0.2, -0.15) is 0 Å². The molecule has 0 aliphatic carbocycles. The lowest BCUT2D eigenvalue weighted by atomic mass is 10.1. The van der Waals surface area contributed by atoms with Gasteiger partial charge in [-0.3, -0.25) is 9.78 Å². The molecule has 0 saturated heterocycles. The van der Waals surface area contributed by atoms with E-state index in [1.807, 2.05) is 49.9 Å². The van der Waals surface area contributed by atoms with Crippen molar-refractivity contribution in [2.75, 3.05) is 13.6 Å². The van der Waals surface area contributed by atoms with E-state index in [4.69, 9.17) is 0 Å². The van der Waals surface area contributed by atoms with E-state index in [0.717, 1.165) is 28.7 Å². The normalized spacial score (nSPS) is 10.9. The summed E-state index contributed by atoms with van der Waals surface area (Å²) in [6.45, 7) is 5.27. The first kappa shape index (κ1) is 15.2. The van der Waals surface area contributed by atoms with Gasteiger partial charge in [0.1, 0.15) is 0 Å². The van der Waals surface area contributed by atoms with Gasteiger partial charge in [-0.15, -0.1) is 0 Å². The standard InChI is InChI=1S/C18H20N4O/c1-13-4-5-17-15(10-13)11-16(14(2)20-17)18(23)21(3)8-9-22-7-6-19-12-22/h4-7,10-12H,8-9H2,1-3H3. The second-order valence-electron chi connectivity index (χ2n) is 5.84. The van der Waals surface area contributed by atoms with Crippen LogP contribution in [0.15, 0.2) is 43.0 Å². The lowest BCUT2D eigenvalue weighted by Gasteiger charge is -2.18. The molecule has 2 aromatic heterocycles. The van der Waals surface area contributed by atoms with E-state index in [1.54, 1.807) is 17.4 Å². The van der Waals surface area contributed by atoms with Gasteiger partial charge >= 0.3 is 0 Å². The maximum Gasteiger partial charge on any atom is 0.255 e. The molecule has 0 bridgehead atoms. The molecule has 0 radical (unpaired) electrons. The van der Waals surface area contributed by atoms with Crippen LogP contribution < -0.4 is 0 Å². The molecule has 5 nitrogen and oxygen atoms in total. The monoisotopic (exact) mass is 308 g/mol. The number of likely N-dealkylation sites (N-methyl/N-ethyl adjacent to an activating group) is 1. The number of nitrogens with zero attached hydrogens (tertiary/aromatic N) is 4. The Morgan fingerprint density at radius 3 is 2.83 bits per heavy atom. The molecule has 3 aromatic rings.